The van der Waals surface area contributed by atoms with Gasteiger partial charge in [-0.1, -0.05) is 6.92 Å². The number of nitrogens with one attached hydrogen (secondary N) is 1. The summed E-state index contributed by atoms with van der Waals surface area (Å²) in [7, 11) is 0. The van der Waals surface area contributed by atoms with Crippen molar-refractivity contribution >= 4 is 23.2 Å². The summed E-state index contributed by atoms with van der Waals surface area (Å²) in [5.41, 5.74) is 7.00. The van der Waals surface area contributed by atoms with E-state index in [1.54, 1.807) is 24.3 Å². The molecule has 1 atom stereocenters. The van der Waals surface area contributed by atoms with Crippen LogP contribution in [0.2, 0.25) is 0 Å². The summed E-state index contributed by atoms with van der Waals surface area (Å²) in [6, 6.07) is 7.05. The Balaban J connectivity index is 1.70. The number of hydrogen-bond donors (Lipinski definition) is 2. The summed E-state index contributed by atoms with van der Waals surface area (Å²) < 4.78 is 0. The van der Waals surface area contributed by atoms with Crippen LogP contribution >= 0.6 is 0 Å². The van der Waals surface area contributed by atoms with Crippen LogP contribution in [0.15, 0.2) is 24.3 Å². The molecule has 5 heteroatoms. The van der Waals surface area contributed by atoms with E-state index in [4.69, 9.17) is 5.73 Å². The van der Waals surface area contributed by atoms with Crippen molar-refractivity contribution in [3.8, 4) is 0 Å². The second-order valence-corrected chi connectivity index (χ2v) is 5.42. The van der Waals surface area contributed by atoms with E-state index in [-0.39, 0.29) is 11.8 Å². The lowest BCUT2D eigenvalue weighted by Gasteiger charge is -2.15. The molecule has 3 N–H and O–H groups in total. The van der Waals surface area contributed by atoms with Crippen LogP contribution in [0.3, 0.4) is 0 Å². The molecule has 1 unspecified atom stereocenters. The lowest BCUT2D eigenvalue weighted by Crippen LogP contribution is -2.27. The minimum atomic E-state index is -0.0329. The van der Waals surface area contributed by atoms with Crippen molar-refractivity contribution in [2.45, 2.75) is 26.2 Å². The number of likely N-dealkylation sites (tertiary alicyclic amines) is 1. The molecule has 1 saturated heterocycles. The van der Waals surface area contributed by atoms with Gasteiger partial charge in [-0.3, -0.25) is 9.59 Å². The Labute approximate surface area is 119 Å². The Kier molecular flexibility index (Phi) is 4.61. The number of nitrogen functional groups attached to an aromatic ring is 1. The van der Waals surface area contributed by atoms with Gasteiger partial charge in [0.05, 0.1) is 0 Å². The number of benzene rings is 1. The zero-order valence-electron chi connectivity index (χ0n) is 11.8. The molecule has 0 bridgehead atoms. The molecule has 1 aromatic rings. The van der Waals surface area contributed by atoms with Crippen molar-refractivity contribution in [3.05, 3.63) is 24.3 Å². The van der Waals surface area contributed by atoms with E-state index in [9.17, 15) is 9.59 Å². The average Bonchev–Trinajstić information content (AvgIpc) is 2.71. The number of nitrogens with two attached hydrogens (primary N) is 1. The highest BCUT2D eigenvalue weighted by Crippen LogP contribution is 2.17. The molecule has 0 aromatic heterocycles. The standard InChI is InChI=1S/C15H21N3O2/c1-11-9-15(20)18(10-11)8-2-3-14(19)17-13-6-4-12(16)5-7-13/h4-7,11H,2-3,8-10,16H2,1H3,(H,17,19). The van der Waals surface area contributed by atoms with Crippen molar-refractivity contribution in [1.82, 2.24) is 4.90 Å². The normalized spacial score (nSPS) is 18.4. The summed E-state index contributed by atoms with van der Waals surface area (Å²) in [6.07, 6.45) is 1.75. The van der Waals surface area contributed by atoms with Crippen LogP contribution in [0.25, 0.3) is 0 Å². The summed E-state index contributed by atoms with van der Waals surface area (Å²) in [5.74, 6) is 0.608. The van der Waals surface area contributed by atoms with E-state index in [0.29, 0.717) is 37.4 Å². The first-order valence-corrected chi connectivity index (χ1v) is 6.98. The van der Waals surface area contributed by atoms with Crippen molar-refractivity contribution < 1.29 is 9.59 Å². The maximum absolute atomic E-state index is 11.8. The van der Waals surface area contributed by atoms with E-state index >= 15 is 0 Å². The van der Waals surface area contributed by atoms with Gasteiger partial charge in [-0.2, -0.15) is 0 Å². The number of carbonyl (C=O) groups excluding carboxylic acids is 2. The first kappa shape index (κ1) is 14.4. The van der Waals surface area contributed by atoms with Gasteiger partial charge in [-0.15, -0.1) is 0 Å². The number of carbonyl (C=O) groups is 2. The lowest BCUT2D eigenvalue weighted by molar-refractivity contribution is -0.128. The van der Waals surface area contributed by atoms with Crippen LogP contribution in [-0.2, 0) is 9.59 Å². The molecule has 5 nitrogen and oxygen atoms in total. The number of amides is 2. The molecule has 108 valence electrons. The molecule has 0 spiro atoms. The summed E-state index contributed by atoms with van der Waals surface area (Å²) in [4.78, 5) is 25.2. The third-order valence-corrected chi connectivity index (χ3v) is 3.43. The van der Waals surface area contributed by atoms with Gasteiger partial charge in [0, 0.05) is 37.3 Å². The van der Waals surface area contributed by atoms with Crippen molar-refractivity contribution in [1.29, 1.82) is 0 Å². The quantitative estimate of drug-likeness (QED) is 0.805. The first-order chi connectivity index (χ1) is 9.54. The molecule has 2 rings (SSSR count). The Morgan fingerprint density at radius 1 is 1.40 bits per heavy atom. The summed E-state index contributed by atoms with van der Waals surface area (Å²) in [6.45, 7) is 3.56. The van der Waals surface area contributed by atoms with E-state index in [1.807, 2.05) is 4.90 Å². The monoisotopic (exact) mass is 275 g/mol. The Morgan fingerprint density at radius 2 is 2.10 bits per heavy atom. The average molecular weight is 275 g/mol. The van der Waals surface area contributed by atoms with Crippen LogP contribution < -0.4 is 11.1 Å². The highest BCUT2D eigenvalue weighted by atomic mass is 16.2. The molecule has 1 heterocycles. The fraction of sp³-hybridized carbons (Fsp3) is 0.467. The van der Waals surface area contributed by atoms with Gasteiger partial charge in [0.1, 0.15) is 0 Å². The molecule has 1 aliphatic heterocycles. The minimum Gasteiger partial charge on any atom is -0.399 e. The molecule has 20 heavy (non-hydrogen) atoms. The minimum absolute atomic E-state index is 0.0329. The molecular formula is C15H21N3O2. The molecule has 0 aliphatic carbocycles. The van der Waals surface area contributed by atoms with Crippen LogP contribution in [0.5, 0.6) is 0 Å². The Bertz CT molecular complexity index is 484. The number of nitrogens with zero attached hydrogens (tertiary/aromatic N) is 1. The van der Waals surface area contributed by atoms with Crippen LogP contribution in [-0.4, -0.2) is 29.8 Å². The SMILES string of the molecule is CC1CC(=O)N(CCCC(=O)Nc2ccc(N)cc2)C1. The van der Waals surface area contributed by atoms with Crippen molar-refractivity contribution in [2.75, 3.05) is 24.1 Å². The van der Waals surface area contributed by atoms with E-state index in [0.717, 1.165) is 12.2 Å². The second kappa shape index (κ2) is 6.41. The van der Waals surface area contributed by atoms with E-state index < -0.39 is 0 Å². The topological polar surface area (TPSA) is 75.4 Å². The highest BCUT2D eigenvalue weighted by Gasteiger charge is 2.25. The molecular weight excluding hydrogens is 254 g/mol. The second-order valence-electron chi connectivity index (χ2n) is 5.42. The third kappa shape index (κ3) is 3.98. The predicted molar refractivity (Wildman–Crippen MR) is 79.1 cm³/mol. The number of anilines is 2. The molecule has 1 aromatic carbocycles. The highest BCUT2D eigenvalue weighted by molar-refractivity contribution is 5.90. The fourth-order valence-electron chi connectivity index (χ4n) is 2.41. The van der Waals surface area contributed by atoms with Gasteiger partial charge < -0.3 is 16.0 Å². The first-order valence-electron chi connectivity index (χ1n) is 6.98. The fourth-order valence-corrected chi connectivity index (χ4v) is 2.41. The van der Waals surface area contributed by atoms with Gasteiger partial charge in [0.2, 0.25) is 11.8 Å². The number of hydrogen-bond acceptors (Lipinski definition) is 3. The van der Waals surface area contributed by atoms with Gasteiger partial charge >= 0.3 is 0 Å². The maximum atomic E-state index is 11.8. The van der Waals surface area contributed by atoms with Crippen molar-refractivity contribution in [3.63, 3.8) is 0 Å². The summed E-state index contributed by atoms with van der Waals surface area (Å²) >= 11 is 0. The largest absolute Gasteiger partial charge is 0.399 e. The van der Waals surface area contributed by atoms with Crippen LogP contribution in [0.4, 0.5) is 11.4 Å². The Hall–Kier alpha value is -2.04. The van der Waals surface area contributed by atoms with Gasteiger partial charge in [-0.25, -0.2) is 0 Å². The molecule has 1 aliphatic rings. The predicted octanol–water partition coefficient (Wildman–Crippen LogP) is 1.86. The summed E-state index contributed by atoms with van der Waals surface area (Å²) in [5, 5.41) is 2.82. The molecule has 2 amide bonds. The van der Waals surface area contributed by atoms with E-state index in [2.05, 4.69) is 12.2 Å². The zero-order valence-corrected chi connectivity index (χ0v) is 11.8. The van der Waals surface area contributed by atoms with Crippen molar-refractivity contribution in [2.24, 2.45) is 5.92 Å². The zero-order chi connectivity index (χ0) is 14.5. The maximum Gasteiger partial charge on any atom is 0.224 e. The molecule has 0 radical (unpaired) electrons. The lowest BCUT2D eigenvalue weighted by atomic mass is 10.2. The van der Waals surface area contributed by atoms with E-state index in [1.165, 1.54) is 0 Å². The molecule has 1 fully saturated rings. The number of rotatable bonds is 5. The van der Waals surface area contributed by atoms with Gasteiger partial charge in [-0.05, 0) is 36.6 Å². The smallest absolute Gasteiger partial charge is 0.224 e. The third-order valence-electron chi connectivity index (χ3n) is 3.43. The molecule has 0 saturated carbocycles. The van der Waals surface area contributed by atoms with Gasteiger partial charge in [0.25, 0.3) is 0 Å². The Morgan fingerprint density at radius 3 is 2.70 bits per heavy atom. The van der Waals surface area contributed by atoms with Gasteiger partial charge in [0.15, 0.2) is 0 Å². The van der Waals surface area contributed by atoms with Crippen LogP contribution in [0, 0.1) is 5.92 Å². The van der Waals surface area contributed by atoms with Crippen LogP contribution in [0.1, 0.15) is 26.2 Å².